The zero-order valence-electron chi connectivity index (χ0n) is 73.2. The lowest BCUT2D eigenvalue weighted by Gasteiger charge is -2.31. The molecule has 0 unspecified atom stereocenters. The van der Waals surface area contributed by atoms with Crippen LogP contribution in [0.3, 0.4) is 0 Å². The fourth-order valence-corrected chi connectivity index (χ4v) is 17.9. The number of pyridine rings is 4. The third kappa shape index (κ3) is 23.8. The van der Waals surface area contributed by atoms with Gasteiger partial charge in [0.25, 0.3) is 0 Å². The molecule has 7 aliphatic rings. The smallest absolute Gasteiger partial charge is 0.381 e. The fourth-order valence-electron chi connectivity index (χ4n) is 16.4. The highest BCUT2D eigenvalue weighted by atomic mass is 35.5. The summed E-state index contributed by atoms with van der Waals surface area (Å²) in [6.07, 6.45) is 15.0. The monoisotopic (exact) mass is 1900 g/mol. The van der Waals surface area contributed by atoms with Crippen LogP contribution in [0.2, 0.25) is 15.1 Å². The number of hydrogen-bond acceptors (Lipinski definition) is 26. The summed E-state index contributed by atoms with van der Waals surface area (Å²) >= 11 is 40.3. The number of halogens is 6. The summed E-state index contributed by atoms with van der Waals surface area (Å²) in [4.78, 5) is 63.2. The highest BCUT2D eigenvalue weighted by Gasteiger charge is 2.34. The summed E-state index contributed by atoms with van der Waals surface area (Å²) in [5, 5.41) is 34.9. The molecule has 676 valence electrons. The number of hydrogen-bond donors (Lipinski definition) is 10. The van der Waals surface area contributed by atoms with E-state index in [0.29, 0.717) is 104 Å². The average Bonchev–Trinajstić information content (AvgIpc) is 1.70. The second kappa shape index (κ2) is 42.0. The van der Waals surface area contributed by atoms with Gasteiger partial charge in [-0.3, -0.25) is 9.97 Å². The quantitative estimate of drug-likeness (QED) is 0.0357. The van der Waals surface area contributed by atoms with Gasteiger partial charge in [0.2, 0.25) is 23.8 Å². The van der Waals surface area contributed by atoms with E-state index in [0.717, 1.165) is 249 Å². The third-order valence-corrected chi connectivity index (χ3v) is 25.1. The van der Waals surface area contributed by atoms with Crippen LogP contribution >= 0.6 is 83.7 Å². The summed E-state index contributed by atoms with van der Waals surface area (Å²) in [5.41, 5.74) is 21.6. The zero-order chi connectivity index (χ0) is 91.6. The molecule has 36 heteroatoms. The molecule has 12 aromatic rings. The minimum atomic E-state index is -4.46. The lowest BCUT2D eigenvalue weighted by Crippen LogP contribution is -2.32. The van der Waals surface area contributed by atoms with E-state index in [-0.39, 0.29) is 5.69 Å². The van der Waals surface area contributed by atoms with E-state index in [1.54, 1.807) is 6.20 Å². The maximum Gasteiger partial charge on any atom is 0.416 e. The Labute approximate surface area is 795 Å². The van der Waals surface area contributed by atoms with E-state index in [2.05, 4.69) is 131 Å². The molecule has 0 radical (unpaired) electrons. The number of likely N-dealkylation sites (tertiary alicyclic amines) is 1. The average molecular weight is 1900 g/mol. The molecule has 26 nitrogen and oxygen atoms in total. The number of rotatable bonds is 18. The second-order valence-electron chi connectivity index (χ2n) is 33.2. The van der Waals surface area contributed by atoms with Crippen LogP contribution in [0.5, 0.6) is 0 Å². The Morgan fingerprint density at radius 3 is 1.18 bits per heavy atom. The first-order valence-electron chi connectivity index (χ1n) is 43.5. The van der Waals surface area contributed by atoms with Crippen molar-refractivity contribution in [3.63, 3.8) is 0 Å². The number of ether oxygens (including phenoxy) is 2. The topological polar surface area (TPSA) is 300 Å². The molecule has 0 aliphatic carbocycles. The number of aryl methyl sites for hydroxylation is 5. The minimum Gasteiger partial charge on any atom is -0.381 e. The van der Waals surface area contributed by atoms with Crippen molar-refractivity contribution in [2.75, 3.05) is 120 Å². The van der Waals surface area contributed by atoms with E-state index in [4.69, 9.17) is 118 Å². The first kappa shape index (κ1) is 92.9. The lowest BCUT2D eigenvalue weighted by atomic mass is 9.90. The summed E-state index contributed by atoms with van der Waals surface area (Å²) in [7, 11) is 4.17. The number of thiocarbonyl (C=S) groups is 4. The summed E-state index contributed by atoms with van der Waals surface area (Å²) in [6, 6.07) is 35.5. The van der Waals surface area contributed by atoms with E-state index in [9.17, 15) is 13.2 Å². The maximum absolute atomic E-state index is 13.2. The van der Waals surface area contributed by atoms with Gasteiger partial charge in [0, 0.05) is 183 Å². The molecular weight excluding hydrogens is 1800 g/mol. The van der Waals surface area contributed by atoms with Gasteiger partial charge < -0.3 is 72.4 Å². The van der Waals surface area contributed by atoms with E-state index >= 15 is 0 Å². The highest BCUT2D eigenvalue weighted by molar-refractivity contribution is 7.81. The predicted octanol–water partition coefficient (Wildman–Crippen LogP) is 21.4. The summed E-state index contributed by atoms with van der Waals surface area (Å²) < 4.78 is 50.6. The number of aromatic nitrogens is 12. The van der Waals surface area contributed by atoms with E-state index < -0.39 is 11.7 Å². The van der Waals surface area contributed by atoms with Gasteiger partial charge >= 0.3 is 6.18 Å². The van der Waals surface area contributed by atoms with Crippen LogP contribution in [0.1, 0.15) is 120 Å². The van der Waals surface area contributed by atoms with Crippen molar-refractivity contribution in [2.45, 2.75) is 136 Å². The van der Waals surface area contributed by atoms with Gasteiger partial charge in [0.15, 0.2) is 0 Å². The normalized spacial score (nSPS) is 15.3. The Hall–Kier alpha value is -11.3. The van der Waals surface area contributed by atoms with Gasteiger partial charge in [-0.15, -0.1) is 0 Å². The number of benzene rings is 4. The maximum atomic E-state index is 13.2. The molecule has 131 heavy (non-hydrogen) atoms. The van der Waals surface area contributed by atoms with Gasteiger partial charge in [-0.2, -0.15) is 13.2 Å². The van der Waals surface area contributed by atoms with Gasteiger partial charge in [0.1, 0.15) is 11.6 Å². The SMILES string of the molecule is CCN1CCC(c2cnc(C)c(Nc3ncc4c(n3)-c3ccc(Cl)cc3NC(=S)C4)c2)CC1.Cc1nc(CCCN(C)C)ccc1Nc1ncc2c(n1)-c1ccc(Cl)cc1NC(=S)C2.Cc1nc(NC2CCOCC2)ccc1Nc1ncc2c(n1)-c1ccc(C(F)(F)F)cc1NC(=S)C2.Cc1nc(NC2CCOCC2)ccc1Nc1ncc2c(n1)-c1ccc(Cl)cc1NC(=S)C2. The molecule has 4 aromatic carbocycles. The molecule has 8 aromatic heterocycles. The van der Waals surface area contributed by atoms with Crippen LogP contribution in [-0.4, -0.2) is 168 Å². The standard InChI is InChI=1S/C25H27ClN6S.C24H23F3N6OS.C23H23ClN6OS.C23H25ClN6S/c1-3-32-8-6-16(7-9-32)17-10-21(15(2)27-13-17)30-25-28-14-18-11-23(33)29-22-12-19(26)4-5-20(22)24(18)31-25;1-13-18(4-5-20(29-13)30-16-6-8-34-9-7-16)32-23-28-12-14-10-21(35)31-19-11-15(24(25,26)27)2-3-17(19)22(14)33-23;1-13-18(4-5-20(26-13)27-16-6-8-31-9-7-16)29-23-25-12-14-10-21(32)28-19-11-15(24)2-3-17(19)22(14)30-23;1-14-19(9-7-17(26-14)5-4-10-30(2)3)28-23-25-13-15-11-21(31)27-20-12-16(24)6-8-18(20)22(15)29-23/h4-5,10,12-14,16H,3,6-9,11H2,1-2H3,(H,29,33)(H,28,30,31);2-5,11-12,16H,6-10H2,1H3,(H,29,30)(H,31,35)(H,28,32,33);2-5,11-12,16H,6-10H2,1H3,(H,26,27)(H,28,32)(H,25,29,30);6-9,12-13H,4-5,10-11H2,1-3H3,(H,27,31)(H,25,28,29). The van der Waals surface area contributed by atoms with Crippen molar-refractivity contribution in [3.05, 3.63) is 223 Å². The van der Waals surface area contributed by atoms with Crippen LogP contribution < -0.4 is 53.2 Å². The first-order valence-corrected chi connectivity index (χ1v) is 46.2. The van der Waals surface area contributed by atoms with Gasteiger partial charge in [-0.25, -0.2) is 49.8 Å². The summed E-state index contributed by atoms with van der Waals surface area (Å²) in [5.74, 6) is 4.09. The second-order valence-corrected chi connectivity index (χ2v) is 36.5. The molecule has 7 aliphatic heterocycles. The number of piperidine rings is 1. The van der Waals surface area contributed by atoms with Crippen LogP contribution in [0, 0.1) is 27.7 Å². The lowest BCUT2D eigenvalue weighted by molar-refractivity contribution is -0.137. The van der Waals surface area contributed by atoms with Gasteiger partial charge in [-0.05, 0) is 240 Å². The predicted molar refractivity (Wildman–Crippen MR) is 535 cm³/mol. The Morgan fingerprint density at radius 2 is 0.809 bits per heavy atom. The highest BCUT2D eigenvalue weighted by Crippen LogP contribution is 2.43. The molecule has 0 atom stereocenters. The van der Waals surface area contributed by atoms with Gasteiger partial charge in [0.05, 0.1) is 93.8 Å². The van der Waals surface area contributed by atoms with Crippen molar-refractivity contribution < 1.29 is 22.6 Å². The van der Waals surface area contributed by atoms with Crippen LogP contribution in [-0.2, 0) is 47.8 Å². The number of nitrogens with one attached hydrogen (secondary N) is 10. The minimum absolute atomic E-state index is 0.273. The van der Waals surface area contributed by atoms with E-state index in [1.165, 1.54) is 24.5 Å². The fraction of sp³-hybridized carbons (Fsp3) is 0.326. The number of nitrogens with zero attached hydrogens (tertiary/aromatic N) is 14. The largest absolute Gasteiger partial charge is 0.416 e. The Bertz CT molecular complexity index is 6300. The number of fused-ring (bicyclic) bond motifs is 12. The van der Waals surface area contributed by atoms with Crippen LogP contribution in [0.4, 0.5) is 94.1 Å². The van der Waals surface area contributed by atoms with Crippen molar-refractivity contribution in [2.24, 2.45) is 0 Å². The molecule has 0 bridgehead atoms. The molecule has 19 rings (SSSR count). The molecular formula is C95H98Cl3F3N24O2S4. The molecule has 3 saturated heterocycles. The van der Waals surface area contributed by atoms with Crippen LogP contribution in [0.25, 0.3) is 45.0 Å². The van der Waals surface area contributed by atoms with E-state index in [1.807, 2.05) is 137 Å². The molecule has 3 fully saturated rings. The Balaban J connectivity index is 0.000000128. The Kier molecular flexibility index (Phi) is 29.8. The third-order valence-electron chi connectivity index (χ3n) is 23.4. The van der Waals surface area contributed by atoms with Crippen molar-refractivity contribution in [1.29, 1.82) is 0 Å². The van der Waals surface area contributed by atoms with Crippen molar-refractivity contribution in [3.8, 4) is 45.0 Å². The molecule has 10 N–H and O–H groups in total. The molecule has 15 heterocycles. The number of anilines is 14. The first-order chi connectivity index (χ1) is 63.2. The summed E-state index contributed by atoms with van der Waals surface area (Å²) in [6.45, 7) is 17.6. The molecule has 0 amide bonds. The van der Waals surface area contributed by atoms with Gasteiger partial charge in [-0.1, -0.05) is 96.7 Å². The van der Waals surface area contributed by atoms with Crippen LogP contribution in [0.15, 0.2) is 146 Å². The number of alkyl halides is 3. The molecule has 0 spiro atoms. The van der Waals surface area contributed by atoms with Crippen molar-refractivity contribution in [1.82, 2.24) is 69.6 Å². The molecule has 0 saturated carbocycles. The van der Waals surface area contributed by atoms with Crippen molar-refractivity contribution >= 4 is 185 Å². The zero-order valence-corrected chi connectivity index (χ0v) is 78.7. The Morgan fingerprint density at radius 1 is 0.435 bits per heavy atom.